The van der Waals surface area contributed by atoms with Crippen LogP contribution in [0.25, 0.3) is 0 Å². The number of fused-ring (bicyclic) bond motifs is 2. The highest BCUT2D eigenvalue weighted by Crippen LogP contribution is 2.31. The second-order valence-corrected chi connectivity index (χ2v) is 5.28. The van der Waals surface area contributed by atoms with Crippen LogP contribution in [0.5, 0.6) is 0 Å². The van der Waals surface area contributed by atoms with Gasteiger partial charge in [-0.1, -0.05) is 12.5 Å². The Kier molecular flexibility index (Phi) is 6.30. The molecule has 2 atom stereocenters. The van der Waals surface area contributed by atoms with E-state index in [1.165, 1.54) is 19.3 Å². The third-order valence-electron chi connectivity index (χ3n) is 3.81. The summed E-state index contributed by atoms with van der Waals surface area (Å²) in [5.41, 5.74) is 1.06. The number of hydrogen-bond donors (Lipinski definition) is 2. The minimum atomic E-state index is -1.26. The Hall–Kier alpha value is -1.95. The standard InChI is InChI=1S/C11H17NO.C4H4O4/c1-8(13)9-6-10-4-3-5-11(7-9)12(10)2;5-3(6)1-2-4(7)8/h6,10-11H,3-5,7H2,1-2H3;1-2H,(H,5,6)(H,7,8)/b;2-1+. The predicted molar refractivity (Wildman–Crippen MR) is 77.0 cm³/mol. The largest absolute Gasteiger partial charge is 0.478 e. The maximum absolute atomic E-state index is 11.2. The molecule has 2 bridgehead atoms. The number of nitrogens with zero attached hydrogens (tertiary/aromatic N) is 1. The average molecular weight is 295 g/mol. The SMILES string of the molecule is CC(=O)C1=CC2CCCC(C1)N2C.O=C(O)/C=C/C(=O)O. The van der Waals surface area contributed by atoms with Crippen molar-refractivity contribution in [2.24, 2.45) is 0 Å². The summed E-state index contributed by atoms with van der Waals surface area (Å²) < 4.78 is 0. The first-order valence-corrected chi connectivity index (χ1v) is 6.88. The van der Waals surface area contributed by atoms with Gasteiger partial charge in [0.15, 0.2) is 5.78 Å². The van der Waals surface area contributed by atoms with Crippen molar-refractivity contribution in [2.75, 3.05) is 7.05 Å². The minimum absolute atomic E-state index is 0.269. The van der Waals surface area contributed by atoms with Gasteiger partial charge in [-0.2, -0.15) is 0 Å². The highest BCUT2D eigenvalue weighted by atomic mass is 16.4. The molecule has 21 heavy (non-hydrogen) atoms. The van der Waals surface area contributed by atoms with Crippen molar-refractivity contribution >= 4 is 17.7 Å². The van der Waals surface area contributed by atoms with Crippen LogP contribution >= 0.6 is 0 Å². The molecule has 0 amide bonds. The number of piperidine rings is 1. The van der Waals surface area contributed by atoms with Gasteiger partial charge in [-0.15, -0.1) is 0 Å². The Morgan fingerprint density at radius 3 is 2.19 bits per heavy atom. The fourth-order valence-electron chi connectivity index (χ4n) is 2.65. The molecule has 116 valence electrons. The number of Topliss-reactive ketones (excluding diaryl/α,β-unsaturated/α-hetero) is 1. The van der Waals surface area contributed by atoms with Crippen molar-refractivity contribution in [1.29, 1.82) is 0 Å². The van der Waals surface area contributed by atoms with Crippen LogP contribution in [0.4, 0.5) is 0 Å². The zero-order valence-electron chi connectivity index (χ0n) is 12.3. The van der Waals surface area contributed by atoms with Crippen LogP contribution in [-0.2, 0) is 14.4 Å². The van der Waals surface area contributed by atoms with Crippen molar-refractivity contribution in [2.45, 2.75) is 44.7 Å². The molecule has 6 heteroatoms. The molecule has 2 unspecified atom stereocenters. The molecule has 2 N–H and O–H groups in total. The second kappa shape index (κ2) is 7.73. The maximum atomic E-state index is 11.2. The summed E-state index contributed by atoms with van der Waals surface area (Å²) in [5, 5.41) is 15.6. The van der Waals surface area contributed by atoms with E-state index in [0.29, 0.717) is 24.2 Å². The number of rotatable bonds is 3. The number of carboxylic acid groups (broad SMARTS) is 2. The van der Waals surface area contributed by atoms with E-state index in [1.54, 1.807) is 6.92 Å². The highest BCUT2D eigenvalue weighted by Gasteiger charge is 2.31. The van der Waals surface area contributed by atoms with Gasteiger partial charge in [0.05, 0.1) is 0 Å². The minimum Gasteiger partial charge on any atom is -0.478 e. The van der Waals surface area contributed by atoms with Gasteiger partial charge in [0.2, 0.25) is 0 Å². The maximum Gasteiger partial charge on any atom is 0.328 e. The van der Waals surface area contributed by atoms with E-state index >= 15 is 0 Å². The molecular formula is C15H21NO5. The zero-order chi connectivity index (χ0) is 16.0. The third-order valence-corrected chi connectivity index (χ3v) is 3.81. The van der Waals surface area contributed by atoms with E-state index in [0.717, 1.165) is 12.0 Å². The van der Waals surface area contributed by atoms with Crippen molar-refractivity contribution in [3.05, 3.63) is 23.8 Å². The molecule has 0 radical (unpaired) electrons. The van der Waals surface area contributed by atoms with Gasteiger partial charge in [-0.25, -0.2) is 9.59 Å². The van der Waals surface area contributed by atoms with Gasteiger partial charge in [0, 0.05) is 24.2 Å². The molecule has 1 fully saturated rings. The summed E-state index contributed by atoms with van der Waals surface area (Å²) in [6, 6.07) is 1.16. The first-order valence-electron chi connectivity index (χ1n) is 6.88. The predicted octanol–water partition coefficient (Wildman–Crippen LogP) is 1.47. The van der Waals surface area contributed by atoms with E-state index in [-0.39, 0.29) is 5.78 Å². The fourth-order valence-corrected chi connectivity index (χ4v) is 2.65. The monoisotopic (exact) mass is 295 g/mol. The summed E-state index contributed by atoms with van der Waals surface area (Å²) in [5.74, 6) is -2.25. The number of carbonyl (C=O) groups excluding carboxylic acids is 1. The van der Waals surface area contributed by atoms with Gasteiger partial charge < -0.3 is 10.2 Å². The fraction of sp³-hybridized carbons (Fsp3) is 0.533. The summed E-state index contributed by atoms with van der Waals surface area (Å²) in [6.45, 7) is 1.69. The summed E-state index contributed by atoms with van der Waals surface area (Å²) in [4.78, 5) is 32.8. The summed E-state index contributed by atoms with van der Waals surface area (Å²) >= 11 is 0. The Labute approximate surface area is 123 Å². The van der Waals surface area contributed by atoms with E-state index < -0.39 is 11.9 Å². The van der Waals surface area contributed by atoms with Gasteiger partial charge in [0.25, 0.3) is 0 Å². The number of carboxylic acids is 2. The van der Waals surface area contributed by atoms with Crippen molar-refractivity contribution < 1.29 is 24.6 Å². The lowest BCUT2D eigenvalue weighted by Gasteiger charge is -2.42. The van der Waals surface area contributed by atoms with Gasteiger partial charge in [-0.3, -0.25) is 9.69 Å². The van der Waals surface area contributed by atoms with Gasteiger partial charge >= 0.3 is 11.9 Å². The van der Waals surface area contributed by atoms with Gasteiger partial charge in [0.1, 0.15) is 0 Å². The molecule has 2 heterocycles. The Balaban J connectivity index is 0.000000240. The lowest BCUT2D eigenvalue weighted by molar-refractivity contribution is -0.134. The van der Waals surface area contributed by atoms with Crippen LogP contribution in [0.3, 0.4) is 0 Å². The van der Waals surface area contributed by atoms with Crippen LogP contribution in [-0.4, -0.2) is 52.0 Å². The smallest absolute Gasteiger partial charge is 0.328 e. The molecule has 0 aromatic rings. The molecule has 0 saturated carbocycles. The lowest BCUT2D eigenvalue weighted by Crippen LogP contribution is -2.46. The first kappa shape index (κ1) is 17.1. The van der Waals surface area contributed by atoms with Gasteiger partial charge in [-0.05, 0) is 38.8 Å². The average Bonchev–Trinajstić information content (AvgIpc) is 2.36. The quantitative estimate of drug-likeness (QED) is 0.766. The normalized spacial score (nSPS) is 24.8. The third kappa shape index (κ3) is 5.51. The Morgan fingerprint density at radius 2 is 1.76 bits per heavy atom. The van der Waals surface area contributed by atoms with Crippen LogP contribution < -0.4 is 0 Å². The van der Waals surface area contributed by atoms with Crippen molar-refractivity contribution in [3.63, 3.8) is 0 Å². The zero-order valence-corrected chi connectivity index (χ0v) is 12.3. The van der Waals surface area contributed by atoms with Crippen molar-refractivity contribution in [1.82, 2.24) is 4.90 Å². The number of carbonyl (C=O) groups is 3. The first-order chi connectivity index (χ1) is 9.81. The van der Waals surface area contributed by atoms with Crippen LogP contribution in [0.1, 0.15) is 32.6 Å². The topological polar surface area (TPSA) is 94.9 Å². The van der Waals surface area contributed by atoms with Crippen LogP contribution in [0.2, 0.25) is 0 Å². The Morgan fingerprint density at radius 1 is 1.19 bits per heavy atom. The second-order valence-electron chi connectivity index (χ2n) is 5.28. The summed E-state index contributed by atoms with van der Waals surface area (Å²) in [7, 11) is 2.18. The molecule has 1 saturated heterocycles. The van der Waals surface area contributed by atoms with Crippen LogP contribution in [0, 0.1) is 0 Å². The molecule has 6 nitrogen and oxygen atoms in total. The van der Waals surface area contributed by atoms with E-state index in [9.17, 15) is 14.4 Å². The Bertz CT molecular complexity index is 464. The molecule has 0 aromatic heterocycles. The van der Waals surface area contributed by atoms with Crippen molar-refractivity contribution in [3.8, 4) is 0 Å². The number of hydrogen-bond acceptors (Lipinski definition) is 4. The van der Waals surface area contributed by atoms with E-state index in [2.05, 4.69) is 18.0 Å². The van der Waals surface area contributed by atoms with Crippen LogP contribution in [0.15, 0.2) is 23.8 Å². The lowest BCUT2D eigenvalue weighted by atomic mass is 9.84. The summed E-state index contributed by atoms with van der Waals surface area (Å²) in [6.07, 6.45) is 8.08. The highest BCUT2D eigenvalue weighted by molar-refractivity contribution is 5.93. The van der Waals surface area contributed by atoms with E-state index in [1.807, 2.05) is 0 Å². The molecule has 0 aromatic carbocycles. The molecule has 2 rings (SSSR count). The molecule has 2 aliphatic heterocycles. The molecule has 0 spiro atoms. The number of ketones is 1. The molecule has 0 aliphatic carbocycles. The molecular weight excluding hydrogens is 274 g/mol. The molecule has 2 aliphatic rings. The number of likely N-dealkylation sites (N-methyl/N-ethyl adjacent to an activating group) is 1. The van der Waals surface area contributed by atoms with E-state index in [4.69, 9.17) is 10.2 Å². The number of aliphatic carboxylic acids is 2.